The fraction of sp³-hybridized carbons (Fsp3) is 0.550. The number of ketones is 1. The van der Waals surface area contributed by atoms with E-state index in [2.05, 4.69) is 32.9 Å². The second kappa shape index (κ2) is 7.57. The van der Waals surface area contributed by atoms with Gasteiger partial charge in [-0.05, 0) is 55.6 Å². The molecule has 2 rings (SSSR count). The first kappa shape index (κ1) is 18.1. The number of aryl methyl sites for hydroxylation is 3. The van der Waals surface area contributed by atoms with Crippen molar-refractivity contribution in [2.24, 2.45) is 5.92 Å². The summed E-state index contributed by atoms with van der Waals surface area (Å²) in [5.74, 6) is 1.75. The molecule has 1 N–H and O–H groups in total. The summed E-state index contributed by atoms with van der Waals surface area (Å²) in [6.45, 7) is 10.5. The predicted molar refractivity (Wildman–Crippen MR) is 100 cm³/mol. The minimum absolute atomic E-state index is 0.0995. The summed E-state index contributed by atoms with van der Waals surface area (Å²) < 4.78 is 0. The van der Waals surface area contributed by atoms with Gasteiger partial charge in [0.1, 0.15) is 5.76 Å². The molecule has 0 aromatic heterocycles. The third-order valence-electron chi connectivity index (χ3n) is 4.57. The fourth-order valence-electron chi connectivity index (χ4n) is 3.82. The normalized spacial score (nSPS) is 20.0. The molecule has 0 radical (unpaired) electrons. The zero-order chi connectivity index (χ0) is 17.1. The molecule has 2 nitrogen and oxygen atoms in total. The Labute approximate surface area is 144 Å². The monoisotopic (exact) mass is 332 g/mol. The van der Waals surface area contributed by atoms with E-state index >= 15 is 0 Å². The molecular weight excluding hydrogens is 304 g/mol. The maximum absolute atomic E-state index is 12.7. The summed E-state index contributed by atoms with van der Waals surface area (Å²) in [6.07, 6.45) is 2.18. The molecule has 0 aliphatic heterocycles. The Hall–Kier alpha value is -1.22. The third kappa shape index (κ3) is 4.20. The van der Waals surface area contributed by atoms with Crippen molar-refractivity contribution >= 4 is 23.1 Å². The Morgan fingerprint density at radius 1 is 1.22 bits per heavy atom. The smallest absolute Gasteiger partial charge is 0.167 e. The Morgan fingerprint density at radius 2 is 1.83 bits per heavy atom. The largest absolute Gasteiger partial charge is 0.512 e. The minimum Gasteiger partial charge on any atom is -0.512 e. The highest BCUT2D eigenvalue weighted by molar-refractivity contribution is 7.99. The van der Waals surface area contributed by atoms with Crippen molar-refractivity contribution < 1.29 is 9.90 Å². The summed E-state index contributed by atoms with van der Waals surface area (Å²) in [5, 5.41) is 11.1. The number of allylic oxidation sites excluding steroid dienone is 2. The third-order valence-corrected chi connectivity index (χ3v) is 5.66. The van der Waals surface area contributed by atoms with Crippen molar-refractivity contribution in [1.29, 1.82) is 0 Å². The van der Waals surface area contributed by atoms with Crippen LogP contribution in [0.5, 0.6) is 0 Å². The maximum atomic E-state index is 12.7. The van der Waals surface area contributed by atoms with Gasteiger partial charge >= 0.3 is 0 Å². The molecule has 0 bridgehead atoms. The van der Waals surface area contributed by atoms with E-state index in [-0.39, 0.29) is 17.5 Å². The number of Topliss-reactive ketones (excluding diaryl/α,β-unsaturated/α-hetero) is 1. The molecule has 0 saturated heterocycles. The lowest BCUT2D eigenvalue weighted by Gasteiger charge is -2.27. The highest BCUT2D eigenvalue weighted by Crippen LogP contribution is 2.37. The van der Waals surface area contributed by atoms with Crippen LogP contribution in [0.2, 0.25) is 0 Å². The number of hydrogen-bond donors (Lipinski definition) is 1. The minimum atomic E-state index is 0.0995. The van der Waals surface area contributed by atoms with Crippen molar-refractivity contribution in [3.63, 3.8) is 0 Å². The lowest BCUT2D eigenvalue weighted by Crippen LogP contribution is -2.22. The van der Waals surface area contributed by atoms with Crippen LogP contribution in [0.4, 0.5) is 0 Å². The van der Waals surface area contributed by atoms with Gasteiger partial charge in [0.25, 0.3) is 0 Å². The molecule has 1 aromatic carbocycles. The zero-order valence-electron chi connectivity index (χ0n) is 14.9. The van der Waals surface area contributed by atoms with Crippen molar-refractivity contribution in [3.05, 3.63) is 40.1 Å². The Balaban J connectivity index is 2.29. The fourth-order valence-corrected chi connectivity index (χ4v) is 4.80. The quantitative estimate of drug-likeness (QED) is 0.785. The number of aliphatic hydroxyl groups excluding tert-OH is 1. The average Bonchev–Trinajstić information content (AvgIpc) is 2.40. The predicted octanol–water partition coefficient (Wildman–Crippen LogP) is 5.39. The first-order valence-corrected chi connectivity index (χ1v) is 9.53. The van der Waals surface area contributed by atoms with E-state index < -0.39 is 0 Å². The summed E-state index contributed by atoms with van der Waals surface area (Å²) in [6, 6.07) is 4.17. The van der Waals surface area contributed by atoms with Crippen LogP contribution in [0, 0.1) is 26.7 Å². The van der Waals surface area contributed by atoms with E-state index in [1.807, 2.05) is 25.6 Å². The van der Waals surface area contributed by atoms with E-state index in [1.165, 1.54) is 5.56 Å². The molecule has 0 saturated carbocycles. The second-order valence-corrected chi connectivity index (χ2v) is 8.51. The van der Waals surface area contributed by atoms with Gasteiger partial charge in [0.15, 0.2) is 5.78 Å². The molecule has 1 aliphatic rings. The van der Waals surface area contributed by atoms with Gasteiger partial charge in [0.2, 0.25) is 0 Å². The van der Waals surface area contributed by atoms with Crippen LogP contribution < -0.4 is 0 Å². The van der Waals surface area contributed by atoms with Gasteiger partial charge in [0.05, 0.1) is 5.57 Å². The van der Waals surface area contributed by atoms with Gasteiger partial charge in [-0.25, -0.2) is 0 Å². The van der Waals surface area contributed by atoms with Crippen molar-refractivity contribution in [2.45, 2.75) is 59.1 Å². The topological polar surface area (TPSA) is 37.3 Å². The lowest BCUT2D eigenvalue weighted by atomic mass is 9.80. The van der Waals surface area contributed by atoms with Crippen LogP contribution in [0.25, 0.3) is 5.57 Å². The number of carbonyl (C=O) groups excluding carboxylic acids is 1. The standard InChI is InChI=1S/C20H28O2S/c1-6-23-15(5)9-16-10-17(21)20(18(22)11-16)19-13(3)7-12(2)8-14(19)4/h7-8,15-16,21H,6,9-11H2,1-5H3. The zero-order valence-corrected chi connectivity index (χ0v) is 15.7. The number of carbonyl (C=O) groups is 1. The van der Waals surface area contributed by atoms with Gasteiger partial charge < -0.3 is 5.11 Å². The van der Waals surface area contributed by atoms with E-state index in [4.69, 9.17) is 0 Å². The Bertz CT molecular complexity index is 608. The molecule has 1 aromatic rings. The van der Waals surface area contributed by atoms with Crippen LogP contribution in [-0.2, 0) is 4.79 Å². The molecule has 0 amide bonds. The van der Waals surface area contributed by atoms with E-state index in [9.17, 15) is 9.90 Å². The van der Waals surface area contributed by atoms with Crippen LogP contribution in [0.15, 0.2) is 17.9 Å². The Kier molecular flexibility index (Phi) is 5.96. The molecule has 3 heteroatoms. The van der Waals surface area contributed by atoms with E-state index in [1.54, 1.807) is 0 Å². The molecule has 0 fully saturated rings. The maximum Gasteiger partial charge on any atom is 0.167 e. The summed E-state index contributed by atoms with van der Waals surface area (Å²) in [4.78, 5) is 12.7. The van der Waals surface area contributed by atoms with Crippen LogP contribution in [0.3, 0.4) is 0 Å². The van der Waals surface area contributed by atoms with Gasteiger partial charge in [-0.3, -0.25) is 4.79 Å². The number of thioether (sulfide) groups is 1. The van der Waals surface area contributed by atoms with Gasteiger partial charge in [-0.15, -0.1) is 0 Å². The van der Waals surface area contributed by atoms with Crippen LogP contribution >= 0.6 is 11.8 Å². The summed E-state index contributed by atoms with van der Waals surface area (Å²) >= 11 is 1.92. The Morgan fingerprint density at radius 3 is 2.35 bits per heavy atom. The molecule has 0 heterocycles. The number of benzene rings is 1. The molecule has 2 atom stereocenters. The number of rotatable bonds is 5. The lowest BCUT2D eigenvalue weighted by molar-refractivity contribution is -0.115. The highest BCUT2D eigenvalue weighted by Gasteiger charge is 2.30. The SMILES string of the molecule is CCSC(C)CC1CC(=O)C(c2c(C)cc(C)cc2C)=C(O)C1. The van der Waals surface area contributed by atoms with Crippen LogP contribution in [0.1, 0.15) is 55.4 Å². The van der Waals surface area contributed by atoms with E-state index in [0.29, 0.717) is 23.7 Å². The molecule has 0 spiro atoms. The van der Waals surface area contributed by atoms with Crippen LogP contribution in [-0.4, -0.2) is 21.9 Å². The summed E-state index contributed by atoms with van der Waals surface area (Å²) in [5.41, 5.74) is 4.84. The van der Waals surface area contributed by atoms with Crippen molar-refractivity contribution in [2.75, 3.05) is 5.75 Å². The molecule has 1 aliphatic carbocycles. The van der Waals surface area contributed by atoms with Gasteiger partial charge in [-0.1, -0.05) is 31.5 Å². The van der Waals surface area contributed by atoms with Gasteiger partial charge in [0, 0.05) is 18.1 Å². The first-order chi connectivity index (χ1) is 10.8. The number of aliphatic hydroxyl groups is 1. The molecule has 2 unspecified atom stereocenters. The van der Waals surface area contributed by atoms with Crippen molar-refractivity contribution in [3.8, 4) is 0 Å². The molecule has 23 heavy (non-hydrogen) atoms. The van der Waals surface area contributed by atoms with Crippen molar-refractivity contribution in [1.82, 2.24) is 0 Å². The second-order valence-electron chi connectivity index (χ2n) is 6.79. The highest BCUT2D eigenvalue weighted by atomic mass is 32.2. The molecular formula is C20H28O2S. The summed E-state index contributed by atoms with van der Waals surface area (Å²) in [7, 11) is 0. The average molecular weight is 333 g/mol. The number of hydrogen-bond acceptors (Lipinski definition) is 3. The first-order valence-electron chi connectivity index (χ1n) is 8.48. The van der Waals surface area contributed by atoms with Gasteiger partial charge in [-0.2, -0.15) is 11.8 Å². The molecule has 126 valence electrons. The van der Waals surface area contributed by atoms with E-state index in [0.717, 1.165) is 28.9 Å².